The number of methoxy groups -OCH3 is 1. The van der Waals surface area contributed by atoms with Gasteiger partial charge in [0.1, 0.15) is 17.9 Å². The second-order valence-corrected chi connectivity index (χ2v) is 23.1. The Morgan fingerprint density at radius 1 is 1.11 bits per heavy atom. The summed E-state index contributed by atoms with van der Waals surface area (Å²) in [6, 6.07) is 9.07. The van der Waals surface area contributed by atoms with Gasteiger partial charge in [0, 0.05) is 93.5 Å². The second kappa shape index (κ2) is 21.8. The number of carbonyl (C=O) groups is 4. The van der Waals surface area contributed by atoms with Crippen LogP contribution in [-0.4, -0.2) is 166 Å². The van der Waals surface area contributed by atoms with Gasteiger partial charge in [-0.3, -0.25) is 39.1 Å². The van der Waals surface area contributed by atoms with Gasteiger partial charge in [-0.05, 0) is 108 Å². The third kappa shape index (κ3) is 11.2. The van der Waals surface area contributed by atoms with E-state index in [-0.39, 0.29) is 59.8 Å². The third-order valence-electron chi connectivity index (χ3n) is 15.2. The van der Waals surface area contributed by atoms with Crippen LogP contribution in [0.1, 0.15) is 97.0 Å². The third-order valence-corrected chi connectivity index (χ3v) is 16.1. The highest BCUT2D eigenvalue weighted by atomic mass is 32.1. The van der Waals surface area contributed by atoms with E-state index in [0.29, 0.717) is 57.2 Å². The normalized spacial score (nSPS) is 22.1. The van der Waals surface area contributed by atoms with Gasteiger partial charge in [-0.25, -0.2) is 10.4 Å². The SMILES string of the molecule is CCn1c(-c2cccnc2[C@H](C)OC)c2c3cc(ccc31)-c1csc(n1)C[C@H](NC(=O)[C@H](C(C)C)N(C)CN1CC(N(C)C(=O)C#CC(C)(C)N3CCC3)C1)C(=O)N1CCC[C@](C=O)(COCC(C)(C)C2)N1. The molecule has 3 fully saturated rings. The van der Waals surface area contributed by atoms with Crippen LogP contribution in [0.3, 0.4) is 0 Å². The quantitative estimate of drug-likeness (QED) is 0.123. The van der Waals surface area contributed by atoms with Crippen molar-refractivity contribution < 1.29 is 28.7 Å². The number of hydrazine groups is 1. The number of aldehydes is 1. The fourth-order valence-corrected chi connectivity index (χ4v) is 11.8. The molecule has 388 valence electrons. The zero-order valence-electron chi connectivity index (χ0n) is 44.3. The van der Waals surface area contributed by atoms with Gasteiger partial charge in [0.25, 0.3) is 11.8 Å². The number of likely N-dealkylation sites (tertiary alicyclic amines) is 2. The van der Waals surface area contributed by atoms with Crippen LogP contribution in [-0.2, 0) is 48.0 Å². The zero-order valence-corrected chi connectivity index (χ0v) is 45.2. The standard InChI is InChI=1S/C55H76N10O6S/c1-12-64-45-18-17-38-26-41(45)42(50(64)40-16-13-22-56-48(40)37(4)70-11)28-53(5,6)33-71-34-55(32-66)20-14-25-65(59-55)52(69)43(27-46-57-44(38)31-72-46)58-51(68)49(36(2)3)60(9)35-62-29-39(30-62)61(10)47(67)19-21-54(7,8)63-23-15-24-63/h13,16-18,22,26,31-32,36-37,39,43,49,59H,12,14-15,20,23-25,27-30,33-35H2,1-11H3,(H,58,68)/t37-,43-,49-,55-/m0/s1. The summed E-state index contributed by atoms with van der Waals surface area (Å²) in [4.78, 5) is 74.0. The molecule has 4 aliphatic rings. The maximum absolute atomic E-state index is 14.9. The summed E-state index contributed by atoms with van der Waals surface area (Å²) in [5.74, 6) is 5.18. The number of carbonyl (C=O) groups excluding carboxylic acids is 4. The summed E-state index contributed by atoms with van der Waals surface area (Å²) in [6.07, 6.45) is 5.47. The smallest absolute Gasteiger partial charge is 0.298 e. The lowest BCUT2D eigenvalue weighted by Gasteiger charge is -2.46. The Morgan fingerprint density at radius 3 is 2.56 bits per heavy atom. The van der Waals surface area contributed by atoms with Crippen molar-refractivity contribution in [2.45, 2.75) is 129 Å². The molecule has 4 atom stereocenters. The lowest BCUT2D eigenvalue weighted by Crippen LogP contribution is -2.67. The van der Waals surface area contributed by atoms with Gasteiger partial charge in [-0.2, -0.15) is 0 Å². The molecule has 3 amide bonds. The van der Waals surface area contributed by atoms with Crippen molar-refractivity contribution in [1.82, 2.24) is 49.9 Å². The number of hydrogen-bond acceptors (Lipinski definition) is 13. The van der Waals surface area contributed by atoms with E-state index < -0.39 is 17.6 Å². The minimum atomic E-state index is -1.15. The van der Waals surface area contributed by atoms with Crippen LogP contribution in [0.25, 0.3) is 33.4 Å². The molecular weight excluding hydrogens is 929 g/mol. The van der Waals surface area contributed by atoms with Gasteiger partial charge < -0.3 is 29.1 Å². The molecule has 7 heterocycles. The van der Waals surface area contributed by atoms with Crippen molar-refractivity contribution in [2.24, 2.45) is 11.3 Å². The minimum absolute atomic E-state index is 0.0166. The summed E-state index contributed by atoms with van der Waals surface area (Å²) in [6.45, 7) is 22.0. The van der Waals surface area contributed by atoms with Gasteiger partial charge >= 0.3 is 0 Å². The molecule has 2 N–H and O–H groups in total. The highest BCUT2D eigenvalue weighted by Gasteiger charge is 2.42. The van der Waals surface area contributed by atoms with Gasteiger partial charge in [0.15, 0.2) is 0 Å². The van der Waals surface area contributed by atoms with Crippen LogP contribution in [0.2, 0.25) is 0 Å². The van der Waals surface area contributed by atoms with Gasteiger partial charge in [0.05, 0.1) is 65.7 Å². The topological polar surface area (TPSA) is 158 Å². The monoisotopic (exact) mass is 1000 g/mol. The van der Waals surface area contributed by atoms with Crippen LogP contribution in [0, 0.1) is 23.2 Å². The summed E-state index contributed by atoms with van der Waals surface area (Å²) >= 11 is 1.46. The summed E-state index contributed by atoms with van der Waals surface area (Å²) in [5, 5.41) is 8.51. The molecule has 16 nitrogen and oxygen atoms in total. The molecule has 0 unspecified atom stereocenters. The molecule has 8 rings (SSSR count). The number of fused-ring (bicyclic) bond motifs is 6. The van der Waals surface area contributed by atoms with E-state index in [0.717, 1.165) is 71.5 Å². The van der Waals surface area contributed by atoms with E-state index in [1.54, 1.807) is 12.0 Å². The number of likely N-dealkylation sites (N-methyl/N-ethyl adjacent to an activating group) is 2. The number of rotatable bonds is 13. The fourth-order valence-electron chi connectivity index (χ4n) is 10.9. The van der Waals surface area contributed by atoms with Crippen LogP contribution < -0.4 is 10.7 Å². The van der Waals surface area contributed by atoms with Gasteiger partial charge in [0.2, 0.25) is 5.91 Å². The molecule has 6 bridgehead atoms. The predicted octanol–water partition coefficient (Wildman–Crippen LogP) is 5.79. The van der Waals surface area contributed by atoms with E-state index in [1.807, 2.05) is 57.4 Å². The molecule has 3 aromatic heterocycles. The molecule has 0 spiro atoms. The van der Waals surface area contributed by atoms with E-state index in [2.05, 4.69) is 95.8 Å². The molecule has 17 heteroatoms. The number of ether oxygens (including phenoxy) is 2. The maximum Gasteiger partial charge on any atom is 0.298 e. The first-order valence-electron chi connectivity index (χ1n) is 25.8. The van der Waals surface area contributed by atoms with E-state index in [1.165, 1.54) is 21.9 Å². The van der Waals surface area contributed by atoms with Crippen molar-refractivity contribution in [3.8, 4) is 34.4 Å². The number of aromatic nitrogens is 3. The van der Waals surface area contributed by atoms with Crippen molar-refractivity contribution in [2.75, 3.05) is 73.8 Å². The molecule has 1 aromatic carbocycles. The second-order valence-electron chi connectivity index (χ2n) is 22.2. The Labute approximate surface area is 430 Å². The summed E-state index contributed by atoms with van der Waals surface area (Å²) in [7, 11) is 5.44. The first kappa shape index (κ1) is 53.2. The fraction of sp³-hybridized carbons (Fsp3) is 0.600. The van der Waals surface area contributed by atoms with Gasteiger partial charge in [-0.1, -0.05) is 39.7 Å². The first-order valence-corrected chi connectivity index (χ1v) is 26.6. The Morgan fingerprint density at radius 2 is 1.88 bits per heavy atom. The molecular formula is C55H76N10O6S. The number of pyridine rings is 1. The average Bonchev–Trinajstić information content (AvgIpc) is 3.91. The molecule has 0 radical (unpaired) electrons. The van der Waals surface area contributed by atoms with E-state index in [9.17, 15) is 19.2 Å². The Hall–Kier alpha value is -5.06. The van der Waals surface area contributed by atoms with E-state index >= 15 is 0 Å². The summed E-state index contributed by atoms with van der Waals surface area (Å²) < 4.78 is 14.8. The number of thiazole rings is 1. The van der Waals surface area contributed by atoms with Crippen molar-refractivity contribution >= 4 is 46.2 Å². The highest BCUT2D eigenvalue weighted by Crippen LogP contribution is 2.42. The molecule has 3 saturated heterocycles. The lowest BCUT2D eigenvalue weighted by molar-refractivity contribution is -0.148. The van der Waals surface area contributed by atoms with Crippen molar-refractivity contribution in [3.63, 3.8) is 0 Å². The molecule has 0 saturated carbocycles. The summed E-state index contributed by atoms with van der Waals surface area (Å²) in [5.41, 5.74) is 8.37. The molecule has 0 aliphatic carbocycles. The lowest BCUT2D eigenvalue weighted by atomic mass is 9.84. The van der Waals surface area contributed by atoms with Gasteiger partial charge in [-0.15, -0.1) is 11.3 Å². The number of hydrogen-bond donors (Lipinski definition) is 2. The first-order chi connectivity index (χ1) is 34.3. The molecule has 4 aromatic rings. The minimum Gasteiger partial charge on any atom is -0.378 e. The van der Waals surface area contributed by atoms with Crippen LogP contribution in [0.4, 0.5) is 0 Å². The van der Waals surface area contributed by atoms with Crippen LogP contribution >= 0.6 is 11.3 Å². The Balaban J connectivity index is 1.07. The maximum atomic E-state index is 14.9. The average molecular weight is 1010 g/mol. The highest BCUT2D eigenvalue weighted by molar-refractivity contribution is 7.10. The molecule has 72 heavy (non-hydrogen) atoms. The number of aryl methyl sites for hydroxylation is 1. The van der Waals surface area contributed by atoms with E-state index in [4.69, 9.17) is 19.4 Å². The van der Waals surface area contributed by atoms with Crippen LogP contribution in [0.15, 0.2) is 41.9 Å². The number of nitrogens with one attached hydrogen (secondary N) is 2. The molecule has 4 aliphatic heterocycles. The number of amides is 3. The van der Waals surface area contributed by atoms with Crippen molar-refractivity contribution in [1.29, 1.82) is 0 Å². The van der Waals surface area contributed by atoms with Crippen molar-refractivity contribution in [3.05, 3.63) is 58.2 Å². The largest absolute Gasteiger partial charge is 0.378 e. The Kier molecular flexibility index (Phi) is 16.1. The number of nitrogens with zero attached hydrogens (tertiary/aromatic N) is 8. The number of benzene rings is 1. The predicted molar refractivity (Wildman–Crippen MR) is 282 cm³/mol. The Bertz CT molecular complexity index is 2690. The van der Waals surface area contributed by atoms with Crippen LogP contribution in [0.5, 0.6) is 0 Å². The zero-order chi connectivity index (χ0) is 51.7.